The van der Waals surface area contributed by atoms with Crippen LogP contribution in [0.1, 0.15) is 10.7 Å². The number of ether oxygens (including phenoxy) is 1. The van der Waals surface area contributed by atoms with Crippen LogP contribution in [0.4, 0.5) is 5.69 Å². The highest BCUT2D eigenvalue weighted by atomic mass is 32.1. The van der Waals surface area contributed by atoms with Crippen molar-refractivity contribution in [3.05, 3.63) is 41.0 Å². The maximum atomic E-state index is 12.1. The fraction of sp³-hybridized carbons (Fsp3) is 0.188. The third kappa shape index (κ3) is 3.09. The lowest BCUT2D eigenvalue weighted by Crippen LogP contribution is -2.09. The highest BCUT2D eigenvalue weighted by Gasteiger charge is 2.15. The van der Waals surface area contributed by atoms with E-state index in [-0.39, 0.29) is 5.91 Å². The number of aromatic nitrogens is 3. The van der Waals surface area contributed by atoms with Gasteiger partial charge in [0.25, 0.3) is 0 Å². The maximum Gasteiger partial charge on any atom is 0.248 e. The molecule has 0 fully saturated rings. The van der Waals surface area contributed by atoms with Crippen LogP contribution in [0.25, 0.3) is 16.3 Å². The minimum Gasteiger partial charge on any atom is -0.480 e. The Hall–Kier alpha value is -2.67. The number of hydrogen-bond acceptors (Lipinski definition) is 5. The first-order chi connectivity index (χ1) is 11.1. The van der Waals surface area contributed by atoms with Crippen LogP contribution in [0.2, 0.25) is 0 Å². The molecule has 3 rings (SSSR count). The van der Waals surface area contributed by atoms with Crippen LogP contribution in [-0.4, -0.2) is 27.8 Å². The number of carbonyl (C=O) groups is 1. The molecule has 6 nitrogen and oxygen atoms in total. The van der Waals surface area contributed by atoms with E-state index in [4.69, 9.17) is 4.74 Å². The fourth-order valence-corrected chi connectivity index (χ4v) is 3.16. The van der Waals surface area contributed by atoms with E-state index in [1.54, 1.807) is 36.3 Å². The molecule has 0 aliphatic rings. The van der Waals surface area contributed by atoms with Gasteiger partial charge < -0.3 is 10.1 Å². The molecule has 0 radical (unpaired) electrons. The van der Waals surface area contributed by atoms with E-state index in [2.05, 4.69) is 15.4 Å². The zero-order valence-corrected chi connectivity index (χ0v) is 13.8. The first-order valence-corrected chi connectivity index (χ1v) is 7.82. The van der Waals surface area contributed by atoms with Crippen molar-refractivity contribution in [3.8, 4) is 5.88 Å². The molecule has 118 valence electrons. The Labute approximate surface area is 137 Å². The van der Waals surface area contributed by atoms with Gasteiger partial charge in [-0.15, -0.1) is 11.3 Å². The minimum atomic E-state index is -0.251. The van der Waals surface area contributed by atoms with Crippen molar-refractivity contribution in [2.75, 3.05) is 12.4 Å². The topological polar surface area (TPSA) is 69.0 Å². The largest absolute Gasteiger partial charge is 0.480 e. The van der Waals surface area contributed by atoms with Crippen molar-refractivity contribution in [2.24, 2.45) is 7.05 Å². The number of carbonyl (C=O) groups excluding carboxylic acids is 1. The molecule has 0 spiro atoms. The Kier molecular flexibility index (Phi) is 4.12. The van der Waals surface area contributed by atoms with E-state index in [0.717, 1.165) is 15.2 Å². The first-order valence-electron chi connectivity index (χ1n) is 7.00. The number of nitrogens with zero attached hydrogens (tertiary/aromatic N) is 3. The molecule has 0 unspecified atom stereocenters. The number of methoxy groups -OCH3 is 1. The van der Waals surface area contributed by atoms with Crippen molar-refractivity contribution in [1.82, 2.24) is 14.8 Å². The van der Waals surface area contributed by atoms with Crippen molar-refractivity contribution in [1.29, 1.82) is 0 Å². The Morgan fingerprint density at radius 2 is 2.17 bits per heavy atom. The molecular formula is C16H16N4O2S. The van der Waals surface area contributed by atoms with Crippen LogP contribution in [0, 0.1) is 6.92 Å². The number of para-hydroxylation sites is 1. The summed E-state index contributed by atoms with van der Waals surface area (Å²) in [6.45, 7) is 1.81. The van der Waals surface area contributed by atoms with Gasteiger partial charge in [-0.1, -0.05) is 12.1 Å². The first kappa shape index (κ1) is 15.2. The minimum absolute atomic E-state index is 0.251. The van der Waals surface area contributed by atoms with Gasteiger partial charge in [-0.05, 0) is 25.1 Å². The monoisotopic (exact) mass is 328 g/mol. The summed E-state index contributed by atoms with van der Waals surface area (Å²) in [5.74, 6) is 0.267. The van der Waals surface area contributed by atoms with Crippen molar-refractivity contribution >= 4 is 39.2 Å². The van der Waals surface area contributed by atoms with E-state index >= 15 is 0 Å². The maximum absolute atomic E-state index is 12.1. The second-order valence-corrected chi connectivity index (χ2v) is 6.00. The molecule has 0 atom stereocenters. The van der Waals surface area contributed by atoms with Gasteiger partial charge in [-0.2, -0.15) is 5.10 Å². The SMILES string of the molecule is COc1c(NC(=O)/C=C/c2nc3ccccc3s2)c(C)nn1C. The number of hydrogen-bond donors (Lipinski definition) is 1. The standard InChI is InChI=1S/C16H16N4O2S/c1-10-15(16(22-3)20(2)19-10)18-13(21)8-9-14-17-11-6-4-5-7-12(11)23-14/h4-9H,1-3H3,(H,18,21)/b9-8+. The van der Waals surface area contributed by atoms with Crippen molar-refractivity contribution in [3.63, 3.8) is 0 Å². The molecule has 7 heteroatoms. The number of rotatable bonds is 4. The molecule has 1 aromatic carbocycles. The molecule has 0 saturated carbocycles. The van der Waals surface area contributed by atoms with E-state index in [1.807, 2.05) is 31.2 Å². The quantitative estimate of drug-likeness (QED) is 0.748. The van der Waals surface area contributed by atoms with Crippen LogP contribution in [0.3, 0.4) is 0 Å². The number of fused-ring (bicyclic) bond motifs is 1. The molecule has 1 amide bonds. The predicted octanol–water partition coefficient (Wildman–Crippen LogP) is 3.00. The number of aryl methyl sites for hydroxylation is 2. The van der Waals surface area contributed by atoms with Crippen LogP contribution in [-0.2, 0) is 11.8 Å². The summed E-state index contributed by atoms with van der Waals surface area (Å²) >= 11 is 1.54. The molecular weight excluding hydrogens is 312 g/mol. The number of nitrogens with one attached hydrogen (secondary N) is 1. The lowest BCUT2D eigenvalue weighted by atomic mass is 10.3. The van der Waals surface area contributed by atoms with Gasteiger partial charge >= 0.3 is 0 Å². The van der Waals surface area contributed by atoms with Crippen molar-refractivity contribution < 1.29 is 9.53 Å². The van der Waals surface area contributed by atoms with Crippen LogP contribution in [0.5, 0.6) is 5.88 Å². The Morgan fingerprint density at radius 1 is 1.39 bits per heavy atom. The smallest absolute Gasteiger partial charge is 0.248 e. The summed E-state index contributed by atoms with van der Waals surface area (Å²) in [6, 6.07) is 7.87. The molecule has 23 heavy (non-hydrogen) atoms. The molecule has 2 aromatic heterocycles. The van der Waals surface area contributed by atoms with Gasteiger partial charge in [0.1, 0.15) is 10.7 Å². The Morgan fingerprint density at radius 3 is 2.91 bits per heavy atom. The highest BCUT2D eigenvalue weighted by Crippen LogP contribution is 2.27. The van der Waals surface area contributed by atoms with E-state index in [9.17, 15) is 4.79 Å². The molecule has 0 aliphatic carbocycles. The zero-order valence-electron chi connectivity index (χ0n) is 13.0. The van der Waals surface area contributed by atoms with Gasteiger partial charge in [-0.3, -0.25) is 4.79 Å². The summed E-state index contributed by atoms with van der Waals surface area (Å²) in [5, 5.41) is 7.81. The molecule has 0 bridgehead atoms. The number of thiazole rings is 1. The third-order valence-electron chi connectivity index (χ3n) is 3.30. The summed E-state index contributed by atoms with van der Waals surface area (Å²) in [5.41, 5.74) is 2.21. The average molecular weight is 328 g/mol. The second-order valence-electron chi connectivity index (χ2n) is 4.94. The zero-order chi connectivity index (χ0) is 16.4. The summed E-state index contributed by atoms with van der Waals surface area (Å²) < 4.78 is 7.93. The Balaban J connectivity index is 1.76. The summed E-state index contributed by atoms with van der Waals surface area (Å²) in [6.07, 6.45) is 3.17. The van der Waals surface area contributed by atoms with Crippen LogP contribution >= 0.6 is 11.3 Å². The number of amides is 1. The van der Waals surface area contributed by atoms with Gasteiger partial charge in [0.05, 0.1) is 23.0 Å². The lowest BCUT2D eigenvalue weighted by molar-refractivity contribution is -0.111. The predicted molar refractivity (Wildman–Crippen MR) is 91.8 cm³/mol. The highest BCUT2D eigenvalue weighted by molar-refractivity contribution is 7.19. The van der Waals surface area contributed by atoms with E-state index < -0.39 is 0 Å². The summed E-state index contributed by atoms with van der Waals surface area (Å²) in [4.78, 5) is 16.6. The fourth-order valence-electron chi connectivity index (χ4n) is 2.29. The molecule has 0 saturated heterocycles. The normalized spacial score (nSPS) is 11.3. The van der Waals surface area contributed by atoms with Gasteiger partial charge in [0.15, 0.2) is 0 Å². The summed E-state index contributed by atoms with van der Waals surface area (Å²) in [7, 11) is 3.31. The van der Waals surface area contributed by atoms with E-state index in [1.165, 1.54) is 6.08 Å². The number of anilines is 1. The van der Waals surface area contributed by atoms with E-state index in [0.29, 0.717) is 17.3 Å². The number of benzene rings is 1. The molecule has 2 heterocycles. The van der Waals surface area contributed by atoms with Gasteiger partial charge in [0.2, 0.25) is 11.8 Å². The van der Waals surface area contributed by atoms with Gasteiger partial charge in [-0.25, -0.2) is 9.67 Å². The van der Waals surface area contributed by atoms with Crippen LogP contribution in [0.15, 0.2) is 30.3 Å². The third-order valence-corrected chi connectivity index (χ3v) is 4.30. The average Bonchev–Trinajstić information content (AvgIpc) is 3.06. The van der Waals surface area contributed by atoms with Crippen molar-refractivity contribution in [2.45, 2.75) is 6.92 Å². The molecule has 1 N–H and O–H groups in total. The molecule has 3 aromatic rings. The van der Waals surface area contributed by atoms with Crippen LogP contribution < -0.4 is 10.1 Å². The van der Waals surface area contributed by atoms with Gasteiger partial charge in [0, 0.05) is 13.1 Å². The Bertz CT molecular complexity index is 862. The molecule has 0 aliphatic heterocycles. The second kappa shape index (κ2) is 6.21. The lowest BCUT2D eigenvalue weighted by Gasteiger charge is -2.04.